The lowest BCUT2D eigenvalue weighted by molar-refractivity contribution is 0.125. The van der Waals surface area contributed by atoms with Crippen LogP contribution in [0.25, 0.3) is 0 Å². The molecular weight excluding hydrogens is 160 g/mol. The molecule has 1 aliphatic rings. The summed E-state index contributed by atoms with van der Waals surface area (Å²) in [5.74, 6) is 0.964. The second-order valence-corrected chi connectivity index (χ2v) is 4.47. The SMILES string of the molecule is CCC1(C)CCCCC1C.CCO. The third-order valence-corrected chi connectivity index (χ3v) is 3.63. The molecule has 1 saturated carbocycles. The van der Waals surface area contributed by atoms with Crippen molar-refractivity contribution in [2.75, 3.05) is 6.61 Å². The Hall–Kier alpha value is -0.0400. The van der Waals surface area contributed by atoms with Crippen LogP contribution in [0.1, 0.15) is 59.8 Å². The van der Waals surface area contributed by atoms with Gasteiger partial charge in [0, 0.05) is 6.61 Å². The normalized spacial score (nSPS) is 33.5. The molecule has 0 aromatic rings. The van der Waals surface area contributed by atoms with Crippen LogP contribution in [0, 0.1) is 11.3 Å². The van der Waals surface area contributed by atoms with Crippen molar-refractivity contribution >= 4 is 0 Å². The van der Waals surface area contributed by atoms with Gasteiger partial charge in [0.2, 0.25) is 0 Å². The van der Waals surface area contributed by atoms with Crippen LogP contribution in [0.2, 0.25) is 0 Å². The van der Waals surface area contributed by atoms with Gasteiger partial charge in [-0.05, 0) is 24.7 Å². The molecule has 1 aliphatic carbocycles. The van der Waals surface area contributed by atoms with Gasteiger partial charge in [-0.3, -0.25) is 0 Å². The Balaban J connectivity index is 0.000000424. The second kappa shape index (κ2) is 6.42. The minimum absolute atomic E-state index is 0.250. The Morgan fingerprint density at radius 1 is 1.31 bits per heavy atom. The van der Waals surface area contributed by atoms with Gasteiger partial charge in [0.15, 0.2) is 0 Å². The van der Waals surface area contributed by atoms with Crippen LogP contribution in [0.5, 0.6) is 0 Å². The average molecular weight is 186 g/mol. The topological polar surface area (TPSA) is 20.2 Å². The summed E-state index contributed by atoms with van der Waals surface area (Å²) >= 11 is 0. The van der Waals surface area contributed by atoms with Gasteiger partial charge in [-0.2, -0.15) is 0 Å². The van der Waals surface area contributed by atoms with E-state index in [4.69, 9.17) is 5.11 Å². The third kappa shape index (κ3) is 4.12. The smallest absolute Gasteiger partial charge is 0.0402 e. The van der Waals surface area contributed by atoms with Crippen molar-refractivity contribution in [1.29, 1.82) is 0 Å². The summed E-state index contributed by atoms with van der Waals surface area (Å²) < 4.78 is 0. The van der Waals surface area contributed by atoms with Crippen molar-refractivity contribution in [2.45, 2.75) is 59.8 Å². The van der Waals surface area contributed by atoms with E-state index in [9.17, 15) is 0 Å². The monoisotopic (exact) mass is 186 g/mol. The highest BCUT2D eigenvalue weighted by Crippen LogP contribution is 2.42. The summed E-state index contributed by atoms with van der Waals surface area (Å²) in [6.07, 6.45) is 7.23. The number of aliphatic hydroxyl groups excluding tert-OH is 1. The number of rotatable bonds is 1. The molecule has 0 amide bonds. The van der Waals surface area contributed by atoms with Gasteiger partial charge in [-0.25, -0.2) is 0 Å². The summed E-state index contributed by atoms with van der Waals surface area (Å²) in [5, 5.41) is 7.57. The van der Waals surface area contributed by atoms with E-state index in [0.717, 1.165) is 5.92 Å². The highest BCUT2D eigenvalue weighted by molar-refractivity contribution is 4.82. The zero-order valence-corrected chi connectivity index (χ0v) is 9.77. The first-order chi connectivity index (χ1) is 6.10. The molecule has 2 unspecified atom stereocenters. The van der Waals surface area contributed by atoms with E-state index in [-0.39, 0.29) is 6.61 Å². The quantitative estimate of drug-likeness (QED) is 0.663. The molecule has 0 aromatic carbocycles. The standard InChI is InChI=1S/C10H20.C2H6O/c1-4-10(3)8-6-5-7-9(10)2;1-2-3/h9H,4-8H2,1-3H3;3H,2H2,1H3. The molecule has 1 N–H and O–H groups in total. The zero-order valence-electron chi connectivity index (χ0n) is 9.77. The highest BCUT2D eigenvalue weighted by Gasteiger charge is 2.31. The maximum atomic E-state index is 7.57. The first-order valence-electron chi connectivity index (χ1n) is 5.71. The molecule has 2 atom stereocenters. The summed E-state index contributed by atoms with van der Waals surface area (Å²) in [6, 6.07) is 0. The predicted molar refractivity (Wildman–Crippen MR) is 58.8 cm³/mol. The molecule has 0 aliphatic heterocycles. The van der Waals surface area contributed by atoms with Gasteiger partial charge in [0.1, 0.15) is 0 Å². The Labute approximate surface area is 83.5 Å². The zero-order chi connectivity index (χ0) is 10.3. The van der Waals surface area contributed by atoms with E-state index < -0.39 is 0 Å². The summed E-state index contributed by atoms with van der Waals surface area (Å²) in [4.78, 5) is 0. The minimum Gasteiger partial charge on any atom is -0.397 e. The molecule has 0 saturated heterocycles. The lowest BCUT2D eigenvalue weighted by Crippen LogP contribution is -2.27. The molecule has 0 bridgehead atoms. The molecular formula is C12H26O. The molecule has 80 valence electrons. The average Bonchev–Trinajstić information content (AvgIpc) is 2.12. The van der Waals surface area contributed by atoms with E-state index in [1.54, 1.807) is 6.92 Å². The van der Waals surface area contributed by atoms with Gasteiger partial charge in [0.05, 0.1) is 0 Å². The Bertz CT molecular complexity index is 122. The lowest BCUT2D eigenvalue weighted by atomic mass is 9.67. The largest absolute Gasteiger partial charge is 0.397 e. The van der Waals surface area contributed by atoms with Crippen molar-refractivity contribution in [3.63, 3.8) is 0 Å². The van der Waals surface area contributed by atoms with Crippen LogP contribution in [-0.2, 0) is 0 Å². The van der Waals surface area contributed by atoms with E-state index in [1.807, 2.05) is 0 Å². The Kier molecular flexibility index (Phi) is 6.40. The Morgan fingerprint density at radius 3 is 2.15 bits per heavy atom. The molecule has 0 radical (unpaired) electrons. The van der Waals surface area contributed by atoms with Crippen LogP contribution in [0.3, 0.4) is 0 Å². The van der Waals surface area contributed by atoms with Gasteiger partial charge >= 0.3 is 0 Å². The van der Waals surface area contributed by atoms with Gasteiger partial charge in [0.25, 0.3) is 0 Å². The number of hydrogen-bond acceptors (Lipinski definition) is 1. The Morgan fingerprint density at radius 2 is 1.85 bits per heavy atom. The fourth-order valence-electron chi connectivity index (χ4n) is 2.10. The van der Waals surface area contributed by atoms with E-state index >= 15 is 0 Å². The maximum absolute atomic E-state index is 7.57. The number of aliphatic hydroxyl groups is 1. The van der Waals surface area contributed by atoms with Crippen LogP contribution in [-0.4, -0.2) is 11.7 Å². The molecule has 0 aromatic heterocycles. The van der Waals surface area contributed by atoms with E-state index in [2.05, 4.69) is 20.8 Å². The molecule has 0 spiro atoms. The van der Waals surface area contributed by atoms with E-state index in [0.29, 0.717) is 5.41 Å². The van der Waals surface area contributed by atoms with Crippen LogP contribution in [0.15, 0.2) is 0 Å². The first-order valence-corrected chi connectivity index (χ1v) is 5.71. The second-order valence-electron chi connectivity index (χ2n) is 4.47. The molecule has 0 heterocycles. The minimum atomic E-state index is 0.250. The highest BCUT2D eigenvalue weighted by atomic mass is 16.2. The summed E-state index contributed by atoms with van der Waals surface area (Å²) in [5.41, 5.74) is 0.679. The fraction of sp³-hybridized carbons (Fsp3) is 1.00. The van der Waals surface area contributed by atoms with Crippen molar-refractivity contribution in [1.82, 2.24) is 0 Å². The number of hydrogen-bond donors (Lipinski definition) is 1. The molecule has 1 rings (SSSR count). The molecule has 1 heteroatoms. The van der Waals surface area contributed by atoms with Gasteiger partial charge in [-0.1, -0.05) is 46.5 Å². The van der Waals surface area contributed by atoms with Crippen LogP contribution < -0.4 is 0 Å². The first kappa shape index (κ1) is 13.0. The fourth-order valence-corrected chi connectivity index (χ4v) is 2.10. The van der Waals surface area contributed by atoms with Crippen LogP contribution in [0.4, 0.5) is 0 Å². The van der Waals surface area contributed by atoms with Gasteiger partial charge in [-0.15, -0.1) is 0 Å². The van der Waals surface area contributed by atoms with Crippen molar-refractivity contribution in [3.05, 3.63) is 0 Å². The predicted octanol–water partition coefficient (Wildman–Crippen LogP) is 3.61. The summed E-state index contributed by atoms with van der Waals surface area (Å²) in [7, 11) is 0. The molecule has 1 nitrogen and oxygen atoms in total. The molecule has 13 heavy (non-hydrogen) atoms. The van der Waals surface area contributed by atoms with Crippen LogP contribution >= 0.6 is 0 Å². The summed E-state index contributed by atoms with van der Waals surface area (Å²) in [6.45, 7) is 9.14. The maximum Gasteiger partial charge on any atom is 0.0402 e. The van der Waals surface area contributed by atoms with E-state index in [1.165, 1.54) is 32.1 Å². The third-order valence-electron chi connectivity index (χ3n) is 3.63. The van der Waals surface area contributed by atoms with Crippen molar-refractivity contribution in [2.24, 2.45) is 11.3 Å². The van der Waals surface area contributed by atoms with Gasteiger partial charge < -0.3 is 5.11 Å². The van der Waals surface area contributed by atoms with Crippen molar-refractivity contribution in [3.8, 4) is 0 Å². The lowest BCUT2D eigenvalue weighted by Gasteiger charge is -2.39. The molecule has 1 fully saturated rings. The van der Waals surface area contributed by atoms with Crippen molar-refractivity contribution < 1.29 is 5.11 Å².